The van der Waals surface area contributed by atoms with E-state index in [0.717, 1.165) is 19.3 Å². The van der Waals surface area contributed by atoms with Crippen molar-refractivity contribution < 1.29 is 0 Å². The molecule has 0 amide bonds. The van der Waals surface area contributed by atoms with Gasteiger partial charge in [-0.25, -0.2) is 0 Å². The van der Waals surface area contributed by atoms with E-state index in [-0.39, 0.29) is 5.41 Å². The van der Waals surface area contributed by atoms with Gasteiger partial charge in [0.2, 0.25) is 0 Å². The second-order valence-electron chi connectivity index (χ2n) is 9.50. The highest BCUT2D eigenvalue weighted by Gasteiger charge is 2.35. The molecule has 0 saturated carbocycles. The lowest BCUT2D eigenvalue weighted by molar-refractivity contribution is 0.495. The number of nitrogens with zero attached hydrogens (tertiary/aromatic N) is 1. The largest absolute Gasteiger partial charge is 0.261 e. The van der Waals surface area contributed by atoms with Crippen LogP contribution in [0.1, 0.15) is 40.0 Å². The van der Waals surface area contributed by atoms with Crippen molar-refractivity contribution in [1.29, 1.82) is 0 Å². The number of fused-ring (bicyclic) bond motifs is 4. The maximum atomic E-state index is 4.82. The van der Waals surface area contributed by atoms with Crippen LogP contribution < -0.4 is 0 Å². The van der Waals surface area contributed by atoms with E-state index in [1.165, 1.54) is 33.6 Å². The van der Waals surface area contributed by atoms with E-state index in [0.29, 0.717) is 17.8 Å². The number of allylic oxidation sites excluding steroid dienone is 15. The average molecular weight is 368 g/mol. The van der Waals surface area contributed by atoms with Crippen LogP contribution in [0.15, 0.2) is 99.3 Å². The molecule has 0 bridgehead atoms. The molecule has 0 spiro atoms. The second-order valence-corrected chi connectivity index (χ2v) is 9.50. The summed E-state index contributed by atoms with van der Waals surface area (Å²) >= 11 is 0. The molecule has 0 radical (unpaired) electrons. The fourth-order valence-corrected chi connectivity index (χ4v) is 5.07. The predicted octanol–water partition coefficient (Wildman–Crippen LogP) is 6.82. The van der Waals surface area contributed by atoms with Crippen LogP contribution in [0.4, 0.5) is 0 Å². The van der Waals surface area contributed by atoms with Crippen molar-refractivity contribution in [2.75, 3.05) is 0 Å². The Kier molecular flexibility index (Phi) is 4.16. The van der Waals surface area contributed by atoms with Crippen molar-refractivity contribution in [3.05, 3.63) is 94.3 Å². The maximum absolute atomic E-state index is 4.82. The molecule has 142 valence electrons. The zero-order valence-electron chi connectivity index (χ0n) is 17.2. The second kappa shape index (κ2) is 6.58. The summed E-state index contributed by atoms with van der Waals surface area (Å²) in [6, 6.07) is 0. The first-order chi connectivity index (χ1) is 13.5. The summed E-state index contributed by atoms with van der Waals surface area (Å²) in [5.74, 6) is 1.41. The van der Waals surface area contributed by atoms with E-state index >= 15 is 0 Å². The molecule has 0 aromatic carbocycles. The minimum Gasteiger partial charge on any atom is -0.261 e. The van der Waals surface area contributed by atoms with Crippen LogP contribution in [0.3, 0.4) is 0 Å². The summed E-state index contributed by atoms with van der Waals surface area (Å²) in [7, 11) is 0. The van der Waals surface area contributed by atoms with E-state index in [2.05, 4.69) is 87.7 Å². The first-order valence-electron chi connectivity index (χ1n) is 10.7. The van der Waals surface area contributed by atoms with Crippen molar-refractivity contribution in [2.24, 2.45) is 28.2 Å². The third kappa shape index (κ3) is 2.89. The summed E-state index contributed by atoms with van der Waals surface area (Å²) < 4.78 is 0. The zero-order valence-corrected chi connectivity index (χ0v) is 17.2. The lowest BCUT2D eigenvalue weighted by Crippen LogP contribution is -2.26. The lowest BCUT2D eigenvalue weighted by Gasteiger charge is -2.38. The van der Waals surface area contributed by atoms with Crippen LogP contribution >= 0.6 is 0 Å². The normalized spacial score (nSPS) is 30.8. The highest BCUT2D eigenvalue weighted by Crippen LogP contribution is 2.47. The highest BCUT2D eigenvalue weighted by atomic mass is 14.8. The summed E-state index contributed by atoms with van der Waals surface area (Å²) in [5.41, 5.74) is 8.69. The number of hydrogen-bond acceptors (Lipinski definition) is 1. The van der Waals surface area contributed by atoms with E-state index in [1.54, 1.807) is 0 Å². The van der Waals surface area contributed by atoms with Gasteiger partial charge in [-0.15, -0.1) is 0 Å². The minimum absolute atomic E-state index is 0.208. The molecule has 0 N–H and O–H groups in total. The Morgan fingerprint density at radius 1 is 0.964 bits per heavy atom. The van der Waals surface area contributed by atoms with Gasteiger partial charge in [0.1, 0.15) is 0 Å². The fourth-order valence-electron chi connectivity index (χ4n) is 5.07. The predicted molar refractivity (Wildman–Crippen MR) is 119 cm³/mol. The molecule has 1 aliphatic heterocycles. The molecule has 0 fully saturated rings. The van der Waals surface area contributed by atoms with Crippen molar-refractivity contribution >= 4 is 6.21 Å². The fraction of sp³-hybridized carbons (Fsp3) is 0.370. The first kappa shape index (κ1) is 17.7. The molecule has 5 aliphatic rings. The number of rotatable bonds is 1. The van der Waals surface area contributed by atoms with E-state index in [9.17, 15) is 0 Å². The lowest BCUT2D eigenvalue weighted by atomic mass is 9.67. The van der Waals surface area contributed by atoms with E-state index in [1.807, 2.05) is 0 Å². The molecule has 4 aliphatic carbocycles. The van der Waals surface area contributed by atoms with Crippen LogP contribution in [-0.2, 0) is 0 Å². The van der Waals surface area contributed by atoms with Gasteiger partial charge in [0, 0.05) is 24.0 Å². The van der Waals surface area contributed by atoms with Crippen molar-refractivity contribution in [1.82, 2.24) is 0 Å². The van der Waals surface area contributed by atoms with Gasteiger partial charge in [-0.1, -0.05) is 81.5 Å². The molecule has 1 heterocycles. The molecule has 3 unspecified atom stereocenters. The molecule has 0 aromatic rings. The minimum atomic E-state index is 0.208. The number of hydrogen-bond donors (Lipinski definition) is 0. The summed E-state index contributed by atoms with van der Waals surface area (Å²) in [6.45, 7) is 6.91. The summed E-state index contributed by atoms with van der Waals surface area (Å²) in [6.07, 6.45) is 28.9. The van der Waals surface area contributed by atoms with Gasteiger partial charge in [-0.2, -0.15) is 0 Å². The number of aliphatic imine (C=N–C) groups is 1. The highest BCUT2D eigenvalue weighted by molar-refractivity contribution is 5.70. The molecule has 3 atom stereocenters. The third-order valence-corrected chi connectivity index (χ3v) is 6.67. The van der Waals surface area contributed by atoms with Crippen molar-refractivity contribution in [3.63, 3.8) is 0 Å². The van der Waals surface area contributed by atoms with Gasteiger partial charge in [0.25, 0.3) is 0 Å². The third-order valence-electron chi connectivity index (χ3n) is 6.67. The summed E-state index contributed by atoms with van der Waals surface area (Å²) in [5, 5.41) is 0. The van der Waals surface area contributed by atoms with Gasteiger partial charge in [0.15, 0.2) is 0 Å². The quantitative estimate of drug-likeness (QED) is 0.482. The maximum Gasteiger partial charge on any atom is 0.0696 e. The average Bonchev–Trinajstić information content (AvgIpc) is 2.72. The van der Waals surface area contributed by atoms with E-state index in [4.69, 9.17) is 4.99 Å². The van der Waals surface area contributed by atoms with Crippen LogP contribution in [0.5, 0.6) is 0 Å². The first-order valence-corrected chi connectivity index (χ1v) is 10.7. The molecule has 1 heteroatoms. The SMILES string of the molecule is CC(C)(C)C1=CC2C=CC3=C(C=CC4=C(C5=CC=CCC5)N=CCC43)C2C=C1. The van der Waals surface area contributed by atoms with Crippen molar-refractivity contribution in [2.45, 2.75) is 40.0 Å². The van der Waals surface area contributed by atoms with Crippen LogP contribution in [-0.4, -0.2) is 6.21 Å². The molecule has 0 aromatic heterocycles. The Hall–Kier alpha value is -2.41. The molecule has 28 heavy (non-hydrogen) atoms. The topological polar surface area (TPSA) is 12.4 Å². The van der Waals surface area contributed by atoms with Gasteiger partial charge in [0.05, 0.1) is 5.70 Å². The molecule has 0 saturated heterocycles. The molecule has 1 nitrogen and oxygen atoms in total. The van der Waals surface area contributed by atoms with Gasteiger partial charge < -0.3 is 0 Å². The molecular weight excluding hydrogens is 338 g/mol. The van der Waals surface area contributed by atoms with E-state index < -0.39 is 0 Å². The smallest absolute Gasteiger partial charge is 0.0696 e. The Balaban J connectivity index is 1.51. The van der Waals surface area contributed by atoms with Gasteiger partial charge >= 0.3 is 0 Å². The monoisotopic (exact) mass is 367 g/mol. The summed E-state index contributed by atoms with van der Waals surface area (Å²) in [4.78, 5) is 4.82. The van der Waals surface area contributed by atoms with Gasteiger partial charge in [-0.3, -0.25) is 4.99 Å². The Bertz CT molecular complexity index is 976. The Labute approximate surface area is 169 Å². The Morgan fingerprint density at radius 3 is 2.61 bits per heavy atom. The standard InChI is InChI=1S/C27H29N/c1-27(2,3)20-10-12-21-19(17-20)9-11-23-22(21)13-14-25-24(23)15-16-28-26(25)18-7-5-4-6-8-18/h4-5,7,9-14,16-17,19,21,24H,6,8,15H2,1-3H3. The van der Waals surface area contributed by atoms with Crippen LogP contribution in [0.25, 0.3) is 0 Å². The van der Waals surface area contributed by atoms with Gasteiger partial charge in [-0.05, 0) is 52.5 Å². The molecule has 5 rings (SSSR count). The van der Waals surface area contributed by atoms with Crippen LogP contribution in [0.2, 0.25) is 0 Å². The Morgan fingerprint density at radius 2 is 1.82 bits per heavy atom. The van der Waals surface area contributed by atoms with Crippen LogP contribution in [0, 0.1) is 23.2 Å². The van der Waals surface area contributed by atoms with Crippen molar-refractivity contribution in [3.8, 4) is 0 Å². The zero-order chi connectivity index (χ0) is 19.3. The molecular formula is C27H29N.